The molecule has 0 radical (unpaired) electrons. The summed E-state index contributed by atoms with van der Waals surface area (Å²) in [5, 5.41) is 3.93. The summed E-state index contributed by atoms with van der Waals surface area (Å²) in [7, 11) is 0. The van der Waals surface area contributed by atoms with Gasteiger partial charge >= 0.3 is 0 Å². The molecule has 1 unspecified atom stereocenters. The Morgan fingerprint density at radius 1 is 1.38 bits per heavy atom. The lowest BCUT2D eigenvalue weighted by Gasteiger charge is -2.31. The summed E-state index contributed by atoms with van der Waals surface area (Å²) < 4.78 is 18.2. The van der Waals surface area contributed by atoms with E-state index in [4.69, 9.17) is 10.3 Å². The maximum absolute atomic E-state index is 12.9. The zero-order valence-corrected chi connectivity index (χ0v) is 17.2. The van der Waals surface area contributed by atoms with E-state index in [0.717, 1.165) is 25.1 Å². The van der Waals surface area contributed by atoms with Crippen molar-refractivity contribution in [1.82, 2.24) is 15.0 Å². The number of aryl methyl sites for hydroxylation is 1. The molecular weight excluding hydrogens is 448 g/mol. The molecule has 0 aliphatic carbocycles. The van der Waals surface area contributed by atoms with Crippen LogP contribution >= 0.6 is 24.0 Å². The Labute approximate surface area is 170 Å². The third-order valence-electron chi connectivity index (χ3n) is 4.37. The quantitative estimate of drug-likeness (QED) is 0.311. The van der Waals surface area contributed by atoms with E-state index in [1.165, 1.54) is 25.0 Å². The van der Waals surface area contributed by atoms with E-state index < -0.39 is 0 Å². The van der Waals surface area contributed by atoms with Gasteiger partial charge in [-0.25, -0.2) is 4.39 Å². The van der Waals surface area contributed by atoms with Crippen molar-refractivity contribution in [2.24, 2.45) is 16.6 Å². The Hall–Kier alpha value is -1.71. The summed E-state index contributed by atoms with van der Waals surface area (Å²) in [6.45, 7) is 4.85. The van der Waals surface area contributed by atoms with Crippen molar-refractivity contribution >= 4 is 29.9 Å². The van der Waals surface area contributed by atoms with Crippen molar-refractivity contribution < 1.29 is 8.91 Å². The normalized spacial score (nSPS) is 17.8. The van der Waals surface area contributed by atoms with Crippen molar-refractivity contribution in [1.29, 1.82) is 0 Å². The zero-order chi connectivity index (χ0) is 17.6. The minimum absolute atomic E-state index is 0. The summed E-state index contributed by atoms with van der Waals surface area (Å²) >= 11 is 0. The van der Waals surface area contributed by atoms with Gasteiger partial charge in [-0.2, -0.15) is 4.98 Å². The third kappa shape index (κ3) is 5.65. The minimum Gasteiger partial charge on any atom is -0.370 e. The summed E-state index contributed by atoms with van der Waals surface area (Å²) in [5.74, 6) is 2.04. The Morgan fingerprint density at radius 2 is 2.15 bits per heavy atom. The lowest BCUT2D eigenvalue weighted by atomic mass is 10.0. The fraction of sp³-hybridized carbons (Fsp3) is 0.500. The van der Waals surface area contributed by atoms with Gasteiger partial charge in [0.2, 0.25) is 11.7 Å². The molecule has 2 aromatic rings. The van der Waals surface area contributed by atoms with Crippen molar-refractivity contribution in [3.05, 3.63) is 36.0 Å². The molecule has 1 aliphatic heterocycles. The first kappa shape index (κ1) is 20.6. The molecule has 1 aromatic carbocycles. The molecule has 2 heterocycles. The van der Waals surface area contributed by atoms with Gasteiger partial charge in [-0.3, -0.25) is 4.99 Å². The molecule has 1 aliphatic rings. The van der Waals surface area contributed by atoms with Gasteiger partial charge in [0.15, 0.2) is 5.96 Å². The largest absolute Gasteiger partial charge is 0.370 e. The number of halogens is 2. The SMILES string of the molecule is CC1CCCN(C(N)=NCCCc2nc(-c3ccc(F)cc3)no2)C1.I. The van der Waals surface area contributed by atoms with Crippen molar-refractivity contribution in [3.8, 4) is 11.4 Å². The van der Waals surface area contributed by atoms with Crippen molar-refractivity contribution in [2.75, 3.05) is 19.6 Å². The molecule has 3 rings (SSSR count). The van der Waals surface area contributed by atoms with Crippen molar-refractivity contribution in [3.63, 3.8) is 0 Å². The van der Waals surface area contributed by atoms with E-state index in [2.05, 4.69) is 27.0 Å². The molecule has 6 nitrogen and oxygen atoms in total. The molecule has 1 aromatic heterocycles. The highest BCUT2D eigenvalue weighted by molar-refractivity contribution is 14.0. The molecule has 26 heavy (non-hydrogen) atoms. The number of guanidine groups is 1. The molecule has 142 valence electrons. The number of piperidine rings is 1. The number of hydrogen-bond donors (Lipinski definition) is 1. The third-order valence-corrected chi connectivity index (χ3v) is 4.37. The van der Waals surface area contributed by atoms with Crippen LogP contribution in [0.25, 0.3) is 11.4 Å². The predicted octanol–water partition coefficient (Wildman–Crippen LogP) is 3.47. The topological polar surface area (TPSA) is 80.5 Å². The number of nitrogens with zero attached hydrogens (tertiary/aromatic N) is 4. The second-order valence-electron chi connectivity index (χ2n) is 6.56. The molecule has 0 amide bonds. The molecule has 1 saturated heterocycles. The van der Waals surface area contributed by atoms with Crippen molar-refractivity contribution in [2.45, 2.75) is 32.6 Å². The van der Waals surface area contributed by atoms with Gasteiger partial charge in [0, 0.05) is 31.6 Å². The monoisotopic (exact) mass is 473 g/mol. The molecule has 2 N–H and O–H groups in total. The highest BCUT2D eigenvalue weighted by atomic mass is 127. The average Bonchev–Trinajstić information content (AvgIpc) is 3.08. The molecule has 1 fully saturated rings. The zero-order valence-electron chi connectivity index (χ0n) is 14.9. The first-order chi connectivity index (χ1) is 12.1. The van der Waals surface area contributed by atoms with E-state index >= 15 is 0 Å². The number of nitrogens with two attached hydrogens (primary N) is 1. The van der Waals surface area contributed by atoms with E-state index in [9.17, 15) is 4.39 Å². The number of rotatable bonds is 5. The summed E-state index contributed by atoms with van der Waals surface area (Å²) in [6.07, 6.45) is 3.86. The van der Waals surface area contributed by atoms with Gasteiger partial charge < -0.3 is 15.2 Å². The smallest absolute Gasteiger partial charge is 0.227 e. The fourth-order valence-electron chi connectivity index (χ4n) is 2.99. The van der Waals surface area contributed by atoms with Crippen LogP contribution in [-0.2, 0) is 6.42 Å². The number of likely N-dealkylation sites (tertiary alicyclic amines) is 1. The Balaban J connectivity index is 0.00000243. The molecule has 0 bridgehead atoms. The van der Waals surface area contributed by atoms with Crippen LogP contribution in [0, 0.1) is 11.7 Å². The van der Waals surface area contributed by atoms with Gasteiger partial charge in [-0.15, -0.1) is 24.0 Å². The van der Waals surface area contributed by atoms with Crippen LogP contribution in [0.3, 0.4) is 0 Å². The molecule has 0 spiro atoms. The highest BCUT2D eigenvalue weighted by Gasteiger charge is 2.17. The molecule has 1 atom stereocenters. The number of hydrogen-bond acceptors (Lipinski definition) is 4. The van der Waals surface area contributed by atoms with Gasteiger partial charge in [0.05, 0.1) is 0 Å². The second-order valence-corrected chi connectivity index (χ2v) is 6.56. The average molecular weight is 473 g/mol. The Kier molecular flexibility index (Phi) is 7.80. The fourth-order valence-corrected chi connectivity index (χ4v) is 2.99. The molecule has 0 saturated carbocycles. The van der Waals surface area contributed by atoms with E-state index in [1.807, 2.05) is 0 Å². The number of aromatic nitrogens is 2. The highest BCUT2D eigenvalue weighted by Crippen LogP contribution is 2.17. The second kappa shape index (κ2) is 9.84. The lowest BCUT2D eigenvalue weighted by molar-refractivity contribution is 0.270. The van der Waals surface area contributed by atoms with Gasteiger partial charge in [-0.1, -0.05) is 12.1 Å². The summed E-state index contributed by atoms with van der Waals surface area (Å²) in [6, 6.07) is 6.03. The van der Waals surface area contributed by atoms with E-state index in [1.54, 1.807) is 12.1 Å². The number of aliphatic imine (C=N–C) groups is 1. The standard InChI is InChI=1S/C18H24FN5O.HI/c1-13-4-3-11-24(12-13)18(20)21-10-2-5-16-22-17(23-25-16)14-6-8-15(19)9-7-14;/h6-9,13H,2-5,10-12H2,1H3,(H2,20,21);1H. The van der Waals surface area contributed by atoms with Crippen LogP contribution in [0.15, 0.2) is 33.8 Å². The maximum atomic E-state index is 12.9. The van der Waals surface area contributed by atoms with Crippen LogP contribution in [-0.4, -0.2) is 40.6 Å². The Bertz CT molecular complexity index is 719. The van der Waals surface area contributed by atoms with E-state index in [-0.39, 0.29) is 29.8 Å². The van der Waals surface area contributed by atoms with Gasteiger partial charge in [0.25, 0.3) is 0 Å². The first-order valence-corrected chi connectivity index (χ1v) is 8.75. The Morgan fingerprint density at radius 3 is 2.88 bits per heavy atom. The molecular formula is C18H25FIN5O. The van der Waals surface area contributed by atoms with Crippen LogP contribution in [0.5, 0.6) is 0 Å². The first-order valence-electron chi connectivity index (χ1n) is 8.75. The van der Waals surface area contributed by atoms with Crippen LogP contribution in [0.1, 0.15) is 32.1 Å². The predicted molar refractivity (Wildman–Crippen MR) is 110 cm³/mol. The number of benzene rings is 1. The summed E-state index contributed by atoms with van der Waals surface area (Å²) in [4.78, 5) is 11.0. The van der Waals surface area contributed by atoms with Gasteiger partial charge in [0.1, 0.15) is 5.82 Å². The van der Waals surface area contributed by atoms with Crippen LogP contribution in [0.2, 0.25) is 0 Å². The van der Waals surface area contributed by atoms with Gasteiger partial charge in [-0.05, 0) is 49.4 Å². The van der Waals surface area contributed by atoms with Crippen LogP contribution in [0.4, 0.5) is 4.39 Å². The lowest BCUT2D eigenvalue weighted by Crippen LogP contribution is -2.43. The minimum atomic E-state index is -0.286. The van der Waals surface area contributed by atoms with E-state index in [0.29, 0.717) is 36.6 Å². The van der Waals surface area contributed by atoms with Crippen LogP contribution < -0.4 is 5.73 Å². The summed E-state index contributed by atoms with van der Waals surface area (Å²) in [5.41, 5.74) is 6.81. The molecule has 8 heteroatoms. The maximum Gasteiger partial charge on any atom is 0.227 e.